The molecular weight excluding hydrogens is 220 g/mol. The molecule has 1 rings (SSSR count). The van der Waals surface area contributed by atoms with Crippen LogP contribution in [0.15, 0.2) is 36.9 Å². The number of nitrogens with zero attached hydrogens (tertiary/aromatic N) is 1. The minimum atomic E-state index is -0.525. The molecule has 0 atom stereocenters. The normalized spacial score (nSPS) is 9.29. The van der Waals surface area contributed by atoms with Crippen LogP contribution in [0.1, 0.15) is 0 Å². The first-order valence-electron chi connectivity index (χ1n) is 4.93. The van der Waals surface area contributed by atoms with Crippen LogP contribution in [-0.2, 0) is 4.79 Å². The van der Waals surface area contributed by atoms with Crippen LogP contribution in [0, 0.1) is 0 Å². The van der Waals surface area contributed by atoms with Gasteiger partial charge in [-0.15, -0.1) is 0 Å². The highest BCUT2D eigenvalue weighted by molar-refractivity contribution is 6.04. The SMILES string of the molecule is C=CC(=O)N(C)C(=O)Nc1cccc(OC)c1. The van der Waals surface area contributed by atoms with E-state index in [2.05, 4.69) is 11.9 Å². The number of carbonyl (C=O) groups excluding carboxylic acids is 2. The molecule has 1 N–H and O–H groups in total. The van der Waals surface area contributed by atoms with Crippen molar-refractivity contribution in [2.45, 2.75) is 0 Å². The van der Waals surface area contributed by atoms with Crippen molar-refractivity contribution in [2.75, 3.05) is 19.5 Å². The molecule has 1 aromatic rings. The largest absolute Gasteiger partial charge is 0.497 e. The quantitative estimate of drug-likeness (QED) is 0.812. The van der Waals surface area contributed by atoms with Gasteiger partial charge in [-0.2, -0.15) is 0 Å². The molecule has 0 aliphatic rings. The fourth-order valence-corrected chi connectivity index (χ4v) is 1.15. The Labute approximate surface area is 99.7 Å². The summed E-state index contributed by atoms with van der Waals surface area (Å²) >= 11 is 0. The Kier molecular flexibility index (Phi) is 4.28. The summed E-state index contributed by atoms with van der Waals surface area (Å²) in [7, 11) is 2.91. The number of imide groups is 1. The second kappa shape index (κ2) is 5.69. The van der Waals surface area contributed by atoms with Crippen LogP contribution in [0.5, 0.6) is 5.75 Å². The van der Waals surface area contributed by atoms with Gasteiger partial charge in [0.15, 0.2) is 0 Å². The van der Waals surface area contributed by atoms with Crippen LogP contribution in [-0.4, -0.2) is 31.0 Å². The summed E-state index contributed by atoms with van der Waals surface area (Å²) in [5.41, 5.74) is 0.554. The number of hydrogen-bond acceptors (Lipinski definition) is 3. The first-order valence-corrected chi connectivity index (χ1v) is 4.93. The second-order valence-electron chi connectivity index (χ2n) is 3.26. The summed E-state index contributed by atoms with van der Waals surface area (Å²) in [4.78, 5) is 23.7. The second-order valence-corrected chi connectivity index (χ2v) is 3.26. The number of benzene rings is 1. The van der Waals surface area contributed by atoms with Crippen LogP contribution in [0.3, 0.4) is 0 Å². The zero-order chi connectivity index (χ0) is 12.8. The maximum Gasteiger partial charge on any atom is 0.328 e. The van der Waals surface area contributed by atoms with E-state index in [4.69, 9.17) is 4.74 Å². The first kappa shape index (κ1) is 12.8. The zero-order valence-corrected chi connectivity index (χ0v) is 9.77. The number of amides is 3. The lowest BCUT2D eigenvalue weighted by Crippen LogP contribution is -2.35. The molecule has 0 fully saturated rings. The molecular formula is C12H14N2O3. The minimum Gasteiger partial charge on any atom is -0.497 e. The molecule has 0 spiro atoms. The predicted molar refractivity (Wildman–Crippen MR) is 65.0 cm³/mol. The molecule has 5 heteroatoms. The number of ether oxygens (including phenoxy) is 1. The van der Waals surface area contributed by atoms with Gasteiger partial charge in [0, 0.05) is 18.8 Å². The summed E-state index contributed by atoms with van der Waals surface area (Å²) in [6.07, 6.45) is 1.07. The Morgan fingerprint density at radius 3 is 2.76 bits per heavy atom. The van der Waals surface area contributed by atoms with Gasteiger partial charge in [-0.3, -0.25) is 9.69 Å². The molecule has 1 aromatic carbocycles. The molecule has 0 aliphatic heterocycles. The van der Waals surface area contributed by atoms with Crippen molar-refractivity contribution >= 4 is 17.6 Å². The summed E-state index contributed by atoms with van der Waals surface area (Å²) in [5, 5.41) is 2.57. The first-order chi connectivity index (χ1) is 8.08. The molecule has 90 valence electrons. The maximum atomic E-state index is 11.6. The van der Waals surface area contributed by atoms with Crippen molar-refractivity contribution in [1.82, 2.24) is 4.90 Å². The monoisotopic (exact) mass is 234 g/mol. The fraction of sp³-hybridized carbons (Fsp3) is 0.167. The van der Waals surface area contributed by atoms with Crippen LogP contribution in [0.4, 0.5) is 10.5 Å². The Hall–Kier alpha value is -2.30. The third-order valence-corrected chi connectivity index (χ3v) is 2.13. The highest BCUT2D eigenvalue weighted by atomic mass is 16.5. The number of likely N-dealkylation sites (N-methyl/N-ethyl adjacent to an activating group) is 1. The van der Waals surface area contributed by atoms with Crippen molar-refractivity contribution in [2.24, 2.45) is 0 Å². The van der Waals surface area contributed by atoms with Crippen LogP contribution < -0.4 is 10.1 Å². The summed E-state index contributed by atoms with van der Waals surface area (Å²) in [5.74, 6) is 0.158. The van der Waals surface area contributed by atoms with Gasteiger partial charge in [0.2, 0.25) is 0 Å². The van der Waals surface area contributed by atoms with Crippen molar-refractivity contribution in [3.63, 3.8) is 0 Å². The van der Waals surface area contributed by atoms with E-state index in [1.807, 2.05) is 0 Å². The number of nitrogens with one attached hydrogen (secondary N) is 1. The number of methoxy groups -OCH3 is 1. The zero-order valence-electron chi connectivity index (χ0n) is 9.77. The van der Waals surface area contributed by atoms with Gasteiger partial charge in [-0.25, -0.2) is 4.79 Å². The van der Waals surface area contributed by atoms with E-state index in [0.29, 0.717) is 11.4 Å². The number of rotatable bonds is 3. The number of urea groups is 1. The van der Waals surface area contributed by atoms with E-state index in [0.717, 1.165) is 11.0 Å². The summed E-state index contributed by atoms with van der Waals surface area (Å²) in [6.45, 7) is 3.31. The molecule has 0 radical (unpaired) electrons. The average Bonchev–Trinajstić information content (AvgIpc) is 2.37. The van der Waals surface area contributed by atoms with Crippen LogP contribution in [0.25, 0.3) is 0 Å². The third-order valence-electron chi connectivity index (χ3n) is 2.13. The number of anilines is 1. The highest BCUT2D eigenvalue weighted by Crippen LogP contribution is 2.16. The maximum absolute atomic E-state index is 11.6. The Balaban J connectivity index is 2.73. The van der Waals surface area contributed by atoms with E-state index in [9.17, 15) is 9.59 Å². The van der Waals surface area contributed by atoms with Gasteiger partial charge < -0.3 is 10.1 Å². The fourth-order valence-electron chi connectivity index (χ4n) is 1.15. The molecule has 17 heavy (non-hydrogen) atoms. The van der Waals surface area contributed by atoms with E-state index < -0.39 is 11.9 Å². The molecule has 0 bridgehead atoms. The molecule has 5 nitrogen and oxygen atoms in total. The van der Waals surface area contributed by atoms with Gasteiger partial charge in [0.05, 0.1) is 7.11 Å². The van der Waals surface area contributed by atoms with Crippen molar-refractivity contribution < 1.29 is 14.3 Å². The standard InChI is InChI=1S/C12H14N2O3/c1-4-11(15)14(2)12(16)13-9-6-5-7-10(8-9)17-3/h4-8H,1H2,2-3H3,(H,13,16). The van der Waals surface area contributed by atoms with Gasteiger partial charge in [-0.05, 0) is 18.2 Å². The van der Waals surface area contributed by atoms with Gasteiger partial charge in [-0.1, -0.05) is 12.6 Å². The molecule has 0 aromatic heterocycles. The minimum absolute atomic E-state index is 0.467. The van der Waals surface area contributed by atoms with E-state index in [-0.39, 0.29) is 0 Å². The van der Waals surface area contributed by atoms with Gasteiger partial charge in [0.25, 0.3) is 5.91 Å². The molecule has 0 unspecified atom stereocenters. The lowest BCUT2D eigenvalue weighted by atomic mass is 10.3. The Morgan fingerprint density at radius 1 is 1.47 bits per heavy atom. The Bertz CT molecular complexity index is 443. The summed E-state index contributed by atoms with van der Waals surface area (Å²) < 4.78 is 5.02. The topological polar surface area (TPSA) is 58.6 Å². The molecule has 0 saturated carbocycles. The predicted octanol–water partition coefficient (Wildman–Crippen LogP) is 1.87. The number of carbonyl (C=O) groups is 2. The van der Waals surface area contributed by atoms with Crippen molar-refractivity contribution in [1.29, 1.82) is 0 Å². The smallest absolute Gasteiger partial charge is 0.328 e. The molecule has 0 aliphatic carbocycles. The lowest BCUT2D eigenvalue weighted by molar-refractivity contribution is -0.122. The highest BCUT2D eigenvalue weighted by Gasteiger charge is 2.13. The molecule has 3 amide bonds. The Morgan fingerprint density at radius 2 is 2.18 bits per heavy atom. The summed E-state index contributed by atoms with van der Waals surface area (Å²) in [6, 6.07) is 6.33. The van der Waals surface area contributed by atoms with Crippen LogP contribution in [0.2, 0.25) is 0 Å². The van der Waals surface area contributed by atoms with E-state index >= 15 is 0 Å². The number of hydrogen-bond donors (Lipinski definition) is 1. The molecule has 0 heterocycles. The van der Waals surface area contributed by atoms with E-state index in [1.54, 1.807) is 24.3 Å². The van der Waals surface area contributed by atoms with Crippen molar-refractivity contribution in [3.8, 4) is 5.75 Å². The van der Waals surface area contributed by atoms with Gasteiger partial charge >= 0.3 is 6.03 Å². The van der Waals surface area contributed by atoms with Gasteiger partial charge in [0.1, 0.15) is 5.75 Å². The molecule has 0 saturated heterocycles. The van der Waals surface area contributed by atoms with E-state index in [1.165, 1.54) is 14.2 Å². The average molecular weight is 234 g/mol. The third kappa shape index (κ3) is 3.34. The van der Waals surface area contributed by atoms with Crippen LogP contribution >= 0.6 is 0 Å². The van der Waals surface area contributed by atoms with Crippen molar-refractivity contribution in [3.05, 3.63) is 36.9 Å². The lowest BCUT2D eigenvalue weighted by Gasteiger charge is -2.14.